The van der Waals surface area contributed by atoms with Gasteiger partial charge in [0.2, 0.25) is 16.0 Å². The third-order valence-electron chi connectivity index (χ3n) is 5.17. The van der Waals surface area contributed by atoms with Gasteiger partial charge in [-0.3, -0.25) is 0 Å². The summed E-state index contributed by atoms with van der Waals surface area (Å²) in [5, 5.41) is 16.3. The van der Waals surface area contributed by atoms with Crippen molar-refractivity contribution in [1.29, 1.82) is 0 Å². The molecule has 1 saturated carbocycles. The third-order valence-corrected chi connectivity index (χ3v) is 6.60. The van der Waals surface area contributed by atoms with E-state index >= 15 is 0 Å². The van der Waals surface area contributed by atoms with E-state index < -0.39 is 33.7 Å². The summed E-state index contributed by atoms with van der Waals surface area (Å²) in [5.74, 6) is -0.524. The molecule has 1 aliphatic rings. The van der Waals surface area contributed by atoms with Crippen molar-refractivity contribution in [3.8, 4) is 5.82 Å². The Labute approximate surface area is 181 Å². The molecule has 3 N–H and O–H groups in total. The maximum Gasteiger partial charge on any atom is 0.421 e. The van der Waals surface area contributed by atoms with Crippen molar-refractivity contribution in [3.05, 3.63) is 54.0 Å². The summed E-state index contributed by atoms with van der Waals surface area (Å²) in [4.78, 5) is 7.78. The Kier molecular flexibility index (Phi) is 5.65. The van der Waals surface area contributed by atoms with E-state index in [4.69, 9.17) is 0 Å². The molecule has 0 unspecified atom stereocenters. The van der Waals surface area contributed by atoms with Gasteiger partial charge >= 0.3 is 6.18 Å². The standard InChI is InChI=1S/C19H19F3N6O3S/c1-23-32(30,31)15-4-2-13(3-5-15)26-18-24-9-16(19(20,21)22)17(27-18)28-10-12(8-25-28)11-6-14(29)7-11/h2-5,8-11,14,23,29H,6-7H2,1H3,(H,24,26,27). The van der Waals surface area contributed by atoms with Gasteiger partial charge in [-0.2, -0.15) is 23.3 Å². The summed E-state index contributed by atoms with van der Waals surface area (Å²) >= 11 is 0. The number of nitrogens with one attached hydrogen (secondary N) is 2. The van der Waals surface area contributed by atoms with Gasteiger partial charge in [0.05, 0.1) is 17.2 Å². The molecule has 0 bridgehead atoms. The molecule has 9 nitrogen and oxygen atoms in total. The second-order valence-electron chi connectivity index (χ2n) is 7.33. The summed E-state index contributed by atoms with van der Waals surface area (Å²) in [6.07, 6.45) is -0.434. The summed E-state index contributed by atoms with van der Waals surface area (Å²) in [6, 6.07) is 5.57. The lowest BCUT2D eigenvalue weighted by Crippen LogP contribution is -2.26. The van der Waals surface area contributed by atoms with E-state index in [0.29, 0.717) is 24.7 Å². The van der Waals surface area contributed by atoms with Crippen LogP contribution >= 0.6 is 0 Å². The highest BCUT2D eigenvalue weighted by Gasteiger charge is 2.37. The van der Waals surface area contributed by atoms with E-state index in [2.05, 4.69) is 25.1 Å². The lowest BCUT2D eigenvalue weighted by Gasteiger charge is -2.30. The Morgan fingerprint density at radius 1 is 1.16 bits per heavy atom. The first-order valence-corrected chi connectivity index (χ1v) is 11.0. The van der Waals surface area contributed by atoms with E-state index in [1.165, 1.54) is 43.7 Å². The Morgan fingerprint density at radius 3 is 2.44 bits per heavy atom. The minimum atomic E-state index is -4.70. The monoisotopic (exact) mass is 468 g/mol. The van der Waals surface area contributed by atoms with E-state index in [1.807, 2.05) is 0 Å². The summed E-state index contributed by atoms with van der Waals surface area (Å²) < 4.78 is 67.5. The van der Waals surface area contributed by atoms with Gasteiger partial charge in [0.1, 0.15) is 5.56 Å². The fourth-order valence-corrected chi connectivity index (χ4v) is 4.03. The predicted molar refractivity (Wildman–Crippen MR) is 108 cm³/mol. The molecule has 2 heterocycles. The molecule has 2 aromatic heterocycles. The minimum absolute atomic E-state index is 0.0322. The molecule has 3 aromatic rings. The first-order valence-electron chi connectivity index (χ1n) is 9.54. The summed E-state index contributed by atoms with van der Waals surface area (Å²) in [6.45, 7) is 0. The molecule has 0 radical (unpaired) electrons. The molecule has 32 heavy (non-hydrogen) atoms. The molecule has 0 atom stereocenters. The molecule has 13 heteroatoms. The molecule has 170 valence electrons. The van der Waals surface area contributed by atoms with Crippen LogP contribution in [0.3, 0.4) is 0 Å². The Bertz CT molecular complexity index is 1220. The Hall–Kier alpha value is -3.03. The van der Waals surface area contributed by atoms with Gasteiger partial charge < -0.3 is 10.4 Å². The molecular formula is C19H19F3N6O3S. The second kappa shape index (κ2) is 8.15. The molecule has 1 aliphatic carbocycles. The van der Waals surface area contributed by atoms with Crippen molar-refractivity contribution < 1.29 is 26.7 Å². The van der Waals surface area contributed by atoms with Gasteiger partial charge in [-0.25, -0.2) is 22.8 Å². The van der Waals surface area contributed by atoms with Gasteiger partial charge in [-0.1, -0.05) is 0 Å². The number of benzene rings is 1. The fourth-order valence-electron chi connectivity index (χ4n) is 3.30. The number of sulfonamides is 1. The maximum absolute atomic E-state index is 13.5. The smallest absolute Gasteiger partial charge is 0.393 e. The topological polar surface area (TPSA) is 122 Å². The van der Waals surface area contributed by atoms with E-state index in [9.17, 15) is 26.7 Å². The largest absolute Gasteiger partial charge is 0.421 e. The Balaban J connectivity index is 1.64. The van der Waals surface area contributed by atoms with Crippen LogP contribution in [-0.2, 0) is 16.2 Å². The molecule has 0 amide bonds. The zero-order valence-corrected chi connectivity index (χ0v) is 17.5. The number of aromatic nitrogens is 4. The number of nitrogens with zero attached hydrogens (tertiary/aromatic N) is 4. The average molecular weight is 468 g/mol. The van der Waals surface area contributed by atoms with E-state index in [-0.39, 0.29) is 16.8 Å². The van der Waals surface area contributed by atoms with Gasteiger partial charge in [0.15, 0.2) is 5.82 Å². The van der Waals surface area contributed by atoms with Crippen molar-refractivity contribution in [2.75, 3.05) is 12.4 Å². The van der Waals surface area contributed by atoms with E-state index in [0.717, 1.165) is 10.2 Å². The van der Waals surface area contributed by atoms with Gasteiger partial charge in [0, 0.05) is 18.1 Å². The zero-order chi connectivity index (χ0) is 23.1. The van der Waals surface area contributed by atoms with Crippen LogP contribution in [0, 0.1) is 0 Å². The van der Waals surface area contributed by atoms with Crippen LogP contribution in [-0.4, -0.2) is 46.4 Å². The van der Waals surface area contributed by atoms with Crippen molar-refractivity contribution in [2.45, 2.75) is 35.9 Å². The van der Waals surface area contributed by atoms with Crippen LogP contribution in [0.5, 0.6) is 0 Å². The van der Waals surface area contributed by atoms with Crippen LogP contribution in [0.4, 0.5) is 24.8 Å². The minimum Gasteiger partial charge on any atom is -0.393 e. The van der Waals surface area contributed by atoms with Crippen LogP contribution in [0.15, 0.2) is 47.8 Å². The van der Waals surface area contributed by atoms with Crippen molar-refractivity contribution in [1.82, 2.24) is 24.5 Å². The van der Waals surface area contributed by atoms with Crippen molar-refractivity contribution in [2.24, 2.45) is 0 Å². The second-order valence-corrected chi connectivity index (χ2v) is 9.21. The van der Waals surface area contributed by atoms with Crippen LogP contribution < -0.4 is 10.0 Å². The predicted octanol–water partition coefficient (Wildman–Crippen LogP) is 2.57. The molecule has 0 aliphatic heterocycles. The molecule has 0 saturated heterocycles. The number of hydrogen-bond acceptors (Lipinski definition) is 7. The normalized spacial score (nSPS) is 18.9. The highest BCUT2D eigenvalue weighted by Crippen LogP contribution is 2.38. The van der Waals surface area contributed by atoms with E-state index in [1.54, 1.807) is 0 Å². The fraction of sp³-hybridized carbons (Fsp3) is 0.316. The third kappa shape index (κ3) is 4.45. The zero-order valence-electron chi connectivity index (χ0n) is 16.7. The van der Waals surface area contributed by atoms with Crippen molar-refractivity contribution >= 4 is 21.7 Å². The lowest BCUT2D eigenvalue weighted by molar-refractivity contribution is -0.138. The number of hydrogen-bond donors (Lipinski definition) is 3. The number of alkyl halides is 3. The first-order chi connectivity index (χ1) is 15.1. The Morgan fingerprint density at radius 2 is 1.84 bits per heavy atom. The maximum atomic E-state index is 13.5. The number of rotatable bonds is 6. The molecule has 1 aromatic carbocycles. The van der Waals surface area contributed by atoms with Crippen LogP contribution in [0.1, 0.15) is 29.9 Å². The highest BCUT2D eigenvalue weighted by atomic mass is 32.2. The first kappa shape index (κ1) is 22.2. The molecular weight excluding hydrogens is 449 g/mol. The highest BCUT2D eigenvalue weighted by molar-refractivity contribution is 7.89. The van der Waals surface area contributed by atoms with Gasteiger partial charge in [0.25, 0.3) is 0 Å². The molecule has 1 fully saturated rings. The van der Waals surface area contributed by atoms with Gasteiger partial charge in [-0.05, 0) is 55.6 Å². The number of aliphatic hydroxyl groups is 1. The lowest BCUT2D eigenvalue weighted by atomic mass is 9.79. The molecule has 4 rings (SSSR count). The SMILES string of the molecule is CNS(=O)(=O)c1ccc(Nc2ncc(C(F)(F)F)c(-n3cc(C4CC(O)C4)cn3)n2)cc1. The van der Waals surface area contributed by atoms with Crippen molar-refractivity contribution in [3.63, 3.8) is 0 Å². The summed E-state index contributed by atoms with van der Waals surface area (Å²) in [5.41, 5.74) is 0.0510. The van der Waals surface area contributed by atoms with Gasteiger partial charge in [-0.15, -0.1) is 0 Å². The number of anilines is 2. The number of aliphatic hydroxyl groups excluding tert-OH is 1. The quantitative estimate of drug-likeness (QED) is 0.508. The molecule has 0 spiro atoms. The van der Waals surface area contributed by atoms with Crippen LogP contribution in [0.2, 0.25) is 0 Å². The van der Waals surface area contributed by atoms with Crippen LogP contribution in [0.25, 0.3) is 5.82 Å². The average Bonchev–Trinajstić information content (AvgIpc) is 3.20. The number of halogens is 3. The summed E-state index contributed by atoms with van der Waals surface area (Å²) in [7, 11) is -2.33.